The maximum atomic E-state index is 12.2. The molecule has 0 aliphatic carbocycles. The number of hydrogen-bond donors (Lipinski definition) is 1. The minimum absolute atomic E-state index is 0.121. The van der Waals surface area contributed by atoms with E-state index >= 15 is 0 Å². The van der Waals surface area contributed by atoms with Crippen LogP contribution >= 0.6 is 23.4 Å². The average molecular weight is 438 g/mol. The number of furan rings is 1. The normalized spacial score (nSPS) is 11.1. The lowest BCUT2D eigenvalue weighted by Gasteiger charge is -2.10. The fourth-order valence-corrected chi connectivity index (χ4v) is 3.53. The molecule has 2 aromatic carbocycles. The molecule has 0 unspecified atom stereocenters. The van der Waals surface area contributed by atoms with Crippen molar-refractivity contribution in [2.75, 3.05) is 5.75 Å². The summed E-state index contributed by atoms with van der Waals surface area (Å²) in [7, 11) is 0. The van der Waals surface area contributed by atoms with Crippen LogP contribution in [0.15, 0.2) is 87.7 Å². The molecule has 0 spiro atoms. The Balaban J connectivity index is 1.53. The lowest BCUT2D eigenvalue weighted by atomic mass is 10.2. The molecule has 0 bridgehead atoms. The number of carbonyl (C=O) groups is 1. The molecule has 0 radical (unpaired) electrons. The van der Waals surface area contributed by atoms with Crippen molar-refractivity contribution in [3.8, 4) is 17.1 Å². The second kappa shape index (κ2) is 9.43. The largest absolute Gasteiger partial charge is 0.463 e. The molecular weight excluding hydrogens is 422 g/mol. The smallest absolute Gasteiger partial charge is 0.250 e. The highest BCUT2D eigenvalue weighted by Crippen LogP contribution is 2.28. The number of amides is 1. The molecule has 1 amide bonds. The van der Waals surface area contributed by atoms with E-state index in [0.29, 0.717) is 21.8 Å². The summed E-state index contributed by atoms with van der Waals surface area (Å²) in [5.74, 6) is 1.08. The van der Waals surface area contributed by atoms with Crippen molar-refractivity contribution in [2.24, 2.45) is 5.10 Å². The van der Waals surface area contributed by atoms with Crippen LogP contribution in [0.3, 0.4) is 0 Å². The number of rotatable bonds is 7. The van der Waals surface area contributed by atoms with Gasteiger partial charge in [-0.2, -0.15) is 5.10 Å². The minimum atomic E-state index is -0.269. The van der Waals surface area contributed by atoms with Crippen molar-refractivity contribution in [2.45, 2.75) is 5.16 Å². The van der Waals surface area contributed by atoms with Gasteiger partial charge in [0.05, 0.1) is 18.2 Å². The quantitative estimate of drug-likeness (QED) is 0.263. The van der Waals surface area contributed by atoms with Crippen molar-refractivity contribution in [3.05, 3.63) is 83.8 Å². The van der Waals surface area contributed by atoms with Gasteiger partial charge in [-0.15, -0.1) is 10.2 Å². The van der Waals surface area contributed by atoms with E-state index in [0.717, 1.165) is 11.3 Å². The Bertz CT molecular complexity index is 1140. The molecule has 0 saturated carbocycles. The average Bonchev–Trinajstić information content (AvgIpc) is 3.43. The van der Waals surface area contributed by atoms with Gasteiger partial charge in [-0.25, -0.2) is 5.43 Å². The van der Waals surface area contributed by atoms with Crippen molar-refractivity contribution >= 4 is 35.5 Å². The second-order valence-electron chi connectivity index (χ2n) is 6.08. The molecule has 0 atom stereocenters. The Morgan fingerprint density at radius 1 is 1.10 bits per heavy atom. The SMILES string of the molecule is O=C(CSc1nnc(-c2ccccc2)n1-c1ccc(Cl)cc1)N/N=C\c1ccco1. The molecule has 2 heterocycles. The number of aromatic nitrogens is 3. The fraction of sp³-hybridized carbons (Fsp3) is 0.0476. The predicted octanol–water partition coefficient (Wildman–Crippen LogP) is 4.42. The molecule has 30 heavy (non-hydrogen) atoms. The van der Waals surface area contributed by atoms with Crippen LogP contribution in [0.5, 0.6) is 0 Å². The fourth-order valence-electron chi connectivity index (χ4n) is 2.66. The van der Waals surface area contributed by atoms with Gasteiger partial charge in [0.25, 0.3) is 5.91 Å². The maximum absolute atomic E-state index is 12.2. The lowest BCUT2D eigenvalue weighted by Crippen LogP contribution is -2.19. The number of benzene rings is 2. The topological polar surface area (TPSA) is 85.3 Å². The van der Waals surface area contributed by atoms with Gasteiger partial charge in [0.15, 0.2) is 11.0 Å². The highest BCUT2D eigenvalue weighted by atomic mass is 35.5. The summed E-state index contributed by atoms with van der Waals surface area (Å²) in [5.41, 5.74) is 4.24. The minimum Gasteiger partial charge on any atom is -0.463 e. The third-order valence-electron chi connectivity index (χ3n) is 4.01. The first-order chi connectivity index (χ1) is 14.7. The number of hydrazone groups is 1. The van der Waals surface area contributed by atoms with E-state index in [9.17, 15) is 4.79 Å². The molecule has 2 aromatic heterocycles. The molecule has 150 valence electrons. The molecule has 0 fully saturated rings. The van der Waals surface area contributed by atoms with Crippen LogP contribution in [-0.4, -0.2) is 32.6 Å². The Morgan fingerprint density at radius 3 is 2.63 bits per heavy atom. The number of halogens is 1. The number of carbonyl (C=O) groups excluding carboxylic acids is 1. The second-order valence-corrected chi connectivity index (χ2v) is 7.46. The first kappa shape index (κ1) is 19.9. The van der Waals surface area contributed by atoms with Crippen LogP contribution in [-0.2, 0) is 4.79 Å². The molecule has 0 saturated heterocycles. The first-order valence-electron chi connectivity index (χ1n) is 8.96. The summed E-state index contributed by atoms with van der Waals surface area (Å²) < 4.78 is 7.02. The summed E-state index contributed by atoms with van der Waals surface area (Å²) in [5, 5.41) is 13.7. The van der Waals surface area contributed by atoms with Crippen LogP contribution in [0.2, 0.25) is 5.02 Å². The first-order valence-corrected chi connectivity index (χ1v) is 10.3. The van der Waals surface area contributed by atoms with Crippen LogP contribution in [0.4, 0.5) is 0 Å². The lowest BCUT2D eigenvalue weighted by molar-refractivity contribution is -0.118. The molecular formula is C21H16ClN5O2S. The number of thioether (sulfide) groups is 1. The van der Waals surface area contributed by atoms with E-state index in [2.05, 4.69) is 20.7 Å². The molecule has 1 N–H and O–H groups in total. The van der Waals surface area contributed by atoms with Crippen LogP contribution in [0.25, 0.3) is 17.1 Å². The Labute approximate surface area is 181 Å². The van der Waals surface area contributed by atoms with Gasteiger partial charge in [0.1, 0.15) is 5.76 Å². The Kier molecular flexibility index (Phi) is 6.26. The Morgan fingerprint density at radius 2 is 1.90 bits per heavy atom. The Hall–Kier alpha value is -3.36. The van der Waals surface area contributed by atoms with Gasteiger partial charge in [0.2, 0.25) is 0 Å². The molecule has 7 nitrogen and oxygen atoms in total. The molecule has 9 heteroatoms. The highest BCUT2D eigenvalue weighted by Gasteiger charge is 2.17. The monoisotopic (exact) mass is 437 g/mol. The molecule has 4 rings (SSSR count). The van der Waals surface area contributed by atoms with Crippen LogP contribution in [0, 0.1) is 0 Å². The maximum Gasteiger partial charge on any atom is 0.250 e. The van der Waals surface area contributed by atoms with Crippen molar-refractivity contribution in [1.82, 2.24) is 20.2 Å². The zero-order valence-corrected chi connectivity index (χ0v) is 17.2. The number of nitrogens with one attached hydrogen (secondary N) is 1. The van der Waals surface area contributed by atoms with Gasteiger partial charge < -0.3 is 4.42 Å². The summed E-state index contributed by atoms with van der Waals surface area (Å²) >= 11 is 7.30. The van der Waals surface area contributed by atoms with Crippen LogP contribution < -0.4 is 5.43 Å². The number of hydrogen-bond acceptors (Lipinski definition) is 6. The van der Waals surface area contributed by atoms with E-state index < -0.39 is 0 Å². The third-order valence-corrected chi connectivity index (χ3v) is 5.19. The molecule has 0 aliphatic rings. The van der Waals surface area contributed by atoms with Gasteiger partial charge in [0, 0.05) is 16.3 Å². The summed E-state index contributed by atoms with van der Waals surface area (Å²) in [6.45, 7) is 0. The predicted molar refractivity (Wildman–Crippen MR) is 117 cm³/mol. The van der Waals surface area contributed by atoms with Crippen molar-refractivity contribution < 1.29 is 9.21 Å². The van der Waals surface area contributed by atoms with Crippen LogP contribution in [0.1, 0.15) is 5.76 Å². The summed E-state index contributed by atoms with van der Waals surface area (Å²) in [6.07, 6.45) is 2.97. The number of nitrogens with zero attached hydrogens (tertiary/aromatic N) is 4. The zero-order valence-electron chi connectivity index (χ0n) is 15.6. The van der Waals surface area contributed by atoms with Crippen molar-refractivity contribution in [3.63, 3.8) is 0 Å². The van der Waals surface area contributed by atoms with Gasteiger partial charge >= 0.3 is 0 Å². The van der Waals surface area contributed by atoms with Gasteiger partial charge in [-0.1, -0.05) is 53.7 Å². The standard InChI is InChI=1S/C21H16ClN5O2S/c22-16-8-10-17(11-9-16)27-20(15-5-2-1-3-6-15)25-26-21(27)30-14-19(28)24-23-13-18-7-4-12-29-18/h1-13H,14H2,(H,24,28)/b23-13-. The van der Waals surface area contributed by atoms with E-state index in [1.807, 2.05) is 47.0 Å². The summed E-state index contributed by atoms with van der Waals surface area (Å²) in [4.78, 5) is 12.2. The van der Waals surface area contributed by atoms with Crippen molar-refractivity contribution in [1.29, 1.82) is 0 Å². The van der Waals surface area contributed by atoms with E-state index in [-0.39, 0.29) is 11.7 Å². The van der Waals surface area contributed by atoms with E-state index in [1.54, 1.807) is 24.3 Å². The van der Waals surface area contributed by atoms with E-state index in [1.165, 1.54) is 24.2 Å². The highest BCUT2D eigenvalue weighted by molar-refractivity contribution is 7.99. The van der Waals surface area contributed by atoms with E-state index in [4.69, 9.17) is 16.0 Å². The van der Waals surface area contributed by atoms with Gasteiger partial charge in [-0.3, -0.25) is 9.36 Å². The zero-order chi connectivity index (χ0) is 20.8. The summed E-state index contributed by atoms with van der Waals surface area (Å²) in [6, 6.07) is 20.6. The third kappa shape index (κ3) is 4.79. The molecule has 4 aromatic rings. The molecule has 0 aliphatic heterocycles. The van der Waals surface area contributed by atoms with Gasteiger partial charge in [-0.05, 0) is 36.4 Å².